The molecule has 0 radical (unpaired) electrons. The first-order valence-corrected chi connectivity index (χ1v) is 13.1. The molecule has 1 aromatic heterocycles. The van der Waals surface area contributed by atoms with Crippen molar-refractivity contribution in [2.75, 3.05) is 36.8 Å². The number of aromatic nitrogens is 2. The molecule has 0 aliphatic heterocycles. The van der Waals surface area contributed by atoms with Gasteiger partial charge in [-0.3, -0.25) is 9.59 Å². The second-order valence-electron chi connectivity index (χ2n) is 9.38. The smallest absolute Gasteiger partial charge is 0.251 e. The van der Waals surface area contributed by atoms with E-state index in [4.69, 9.17) is 0 Å². The van der Waals surface area contributed by atoms with E-state index in [1.807, 2.05) is 48.5 Å². The summed E-state index contributed by atoms with van der Waals surface area (Å²) in [5, 5.41) is 12.3. The Morgan fingerprint density at radius 1 is 0.784 bits per heavy atom. The minimum atomic E-state index is -0.0787. The molecule has 0 atom stereocenters. The maximum Gasteiger partial charge on any atom is 0.251 e. The molecule has 0 spiro atoms. The number of rotatable bonds is 11. The van der Waals surface area contributed by atoms with Gasteiger partial charge in [-0.25, -0.2) is 9.97 Å². The zero-order chi connectivity index (χ0) is 25.9. The molecule has 1 aliphatic carbocycles. The van der Waals surface area contributed by atoms with Gasteiger partial charge >= 0.3 is 0 Å². The van der Waals surface area contributed by atoms with Crippen molar-refractivity contribution in [3.05, 3.63) is 71.8 Å². The first-order valence-electron chi connectivity index (χ1n) is 13.1. The normalized spacial score (nSPS) is 13.5. The van der Waals surface area contributed by atoms with Crippen LogP contribution in [-0.2, 0) is 4.79 Å². The van der Waals surface area contributed by atoms with Crippen molar-refractivity contribution in [3.63, 3.8) is 0 Å². The lowest BCUT2D eigenvalue weighted by Crippen LogP contribution is -2.29. The van der Waals surface area contributed by atoms with Crippen molar-refractivity contribution in [1.82, 2.24) is 20.6 Å². The topological polar surface area (TPSA) is 108 Å². The van der Waals surface area contributed by atoms with Crippen molar-refractivity contribution in [3.8, 4) is 11.4 Å². The number of amides is 2. The van der Waals surface area contributed by atoms with E-state index in [0.717, 1.165) is 5.56 Å². The lowest BCUT2D eigenvalue weighted by molar-refractivity contribution is -0.118. The Balaban J connectivity index is 1.31. The van der Waals surface area contributed by atoms with Gasteiger partial charge in [0.1, 0.15) is 11.6 Å². The molecule has 8 heteroatoms. The van der Waals surface area contributed by atoms with Gasteiger partial charge in [-0.05, 0) is 36.5 Å². The van der Waals surface area contributed by atoms with Gasteiger partial charge in [0.2, 0.25) is 5.91 Å². The molecule has 0 unspecified atom stereocenters. The molecule has 2 amide bonds. The summed E-state index contributed by atoms with van der Waals surface area (Å²) in [6, 6.07) is 19.7. The first kappa shape index (κ1) is 26.1. The lowest BCUT2D eigenvalue weighted by atomic mass is 9.84. The van der Waals surface area contributed by atoms with Crippen molar-refractivity contribution >= 4 is 23.5 Å². The molecule has 0 saturated heterocycles. The van der Waals surface area contributed by atoms with Crippen LogP contribution in [0.5, 0.6) is 0 Å². The van der Waals surface area contributed by atoms with Crippen LogP contribution >= 0.6 is 0 Å². The van der Waals surface area contributed by atoms with Crippen LogP contribution in [0, 0.1) is 0 Å². The van der Waals surface area contributed by atoms with Crippen LogP contribution in [-0.4, -0.2) is 48.0 Å². The summed E-state index contributed by atoms with van der Waals surface area (Å²) in [5.74, 6) is 2.39. The van der Waals surface area contributed by atoms with E-state index in [2.05, 4.69) is 43.4 Å². The molecule has 1 heterocycles. The first-order chi connectivity index (χ1) is 18.1. The van der Waals surface area contributed by atoms with Crippen molar-refractivity contribution in [1.29, 1.82) is 0 Å². The third kappa shape index (κ3) is 8.03. The Labute approximate surface area is 218 Å². The van der Waals surface area contributed by atoms with Crippen molar-refractivity contribution in [2.24, 2.45) is 0 Å². The summed E-state index contributed by atoms with van der Waals surface area (Å²) in [7, 11) is 0. The Morgan fingerprint density at radius 2 is 1.41 bits per heavy atom. The molecular formula is C29H36N6O2. The van der Waals surface area contributed by atoms with E-state index in [0.29, 0.717) is 55.1 Å². The Hall–Kier alpha value is -3.94. The van der Waals surface area contributed by atoms with Gasteiger partial charge in [0.15, 0.2) is 5.82 Å². The fourth-order valence-electron chi connectivity index (χ4n) is 4.59. The molecule has 4 rings (SSSR count). The zero-order valence-electron chi connectivity index (χ0n) is 21.4. The number of nitrogens with zero attached hydrogens (tertiary/aromatic N) is 2. The molecule has 1 aliphatic rings. The molecule has 37 heavy (non-hydrogen) atoms. The SMILES string of the molecule is CC(=O)NCCNc1cc(NCCNC(=O)c2ccc(C3CCCCC3)cc2)nc(-c2ccccc2)n1. The molecule has 8 nitrogen and oxygen atoms in total. The molecule has 1 fully saturated rings. The largest absolute Gasteiger partial charge is 0.368 e. The molecule has 0 bridgehead atoms. The van der Waals surface area contributed by atoms with Gasteiger partial charge in [0, 0.05) is 50.3 Å². The summed E-state index contributed by atoms with van der Waals surface area (Å²) in [4.78, 5) is 33.0. The molecular weight excluding hydrogens is 464 g/mol. The number of anilines is 2. The lowest BCUT2D eigenvalue weighted by Gasteiger charge is -2.22. The number of hydrogen-bond acceptors (Lipinski definition) is 6. The van der Waals surface area contributed by atoms with Gasteiger partial charge in [0.05, 0.1) is 0 Å². The average molecular weight is 501 g/mol. The average Bonchev–Trinajstić information content (AvgIpc) is 2.94. The van der Waals surface area contributed by atoms with E-state index in [-0.39, 0.29) is 11.8 Å². The van der Waals surface area contributed by atoms with Crippen molar-refractivity contribution in [2.45, 2.75) is 44.9 Å². The maximum atomic E-state index is 12.6. The third-order valence-corrected chi connectivity index (χ3v) is 6.53. The summed E-state index contributed by atoms with van der Waals surface area (Å²) < 4.78 is 0. The van der Waals surface area contributed by atoms with Crippen LogP contribution in [0.4, 0.5) is 11.6 Å². The minimum absolute atomic E-state index is 0.0703. The minimum Gasteiger partial charge on any atom is -0.368 e. The van der Waals surface area contributed by atoms with Crippen LogP contribution in [0.15, 0.2) is 60.7 Å². The monoisotopic (exact) mass is 500 g/mol. The van der Waals surface area contributed by atoms with Crippen LogP contribution < -0.4 is 21.3 Å². The van der Waals surface area contributed by atoms with E-state index in [1.54, 1.807) is 0 Å². The van der Waals surface area contributed by atoms with Gasteiger partial charge in [-0.15, -0.1) is 0 Å². The van der Waals surface area contributed by atoms with Gasteiger partial charge in [0.25, 0.3) is 5.91 Å². The third-order valence-electron chi connectivity index (χ3n) is 6.53. The fourth-order valence-corrected chi connectivity index (χ4v) is 4.59. The van der Waals surface area contributed by atoms with Crippen molar-refractivity contribution < 1.29 is 9.59 Å². The van der Waals surface area contributed by atoms with Crippen LogP contribution in [0.3, 0.4) is 0 Å². The van der Waals surface area contributed by atoms with Gasteiger partial charge in [-0.2, -0.15) is 0 Å². The molecule has 4 N–H and O–H groups in total. The Bertz CT molecular complexity index is 1160. The predicted molar refractivity (Wildman–Crippen MR) is 148 cm³/mol. The Morgan fingerprint density at radius 3 is 2.03 bits per heavy atom. The number of carbonyl (C=O) groups is 2. The molecule has 1 saturated carbocycles. The van der Waals surface area contributed by atoms with Gasteiger partial charge < -0.3 is 21.3 Å². The number of hydrogen-bond donors (Lipinski definition) is 4. The van der Waals surface area contributed by atoms with E-state index >= 15 is 0 Å². The molecule has 194 valence electrons. The standard InChI is InChI=1S/C29H36N6O2/c1-21(36)30-16-17-31-26-20-27(35-28(34-26)24-10-6-3-7-11-24)32-18-19-33-29(37)25-14-12-23(13-15-25)22-8-4-2-5-9-22/h3,6-7,10-15,20,22H,2,4-5,8-9,16-19H2,1H3,(H,30,36)(H,33,37)(H2,31,32,34,35). The summed E-state index contributed by atoms with van der Waals surface area (Å²) in [5.41, 5.74) is 2.93. The second-order valence-corrected chi connectivity index (χ2v) is 9.38. The van der Waals surface area contributed by atoms with Gasteiger partial charge in [-0.1, -0.05) is 61.7 Å². The van der Waals surface area contributed by atoms with Crippen LogP contribution in [0.2, 0.25) is 0 Å². The predicted octanol–water partition coefficient (Wildman–Crippen LogP) is 4.58. The number of carbonyl (C=O) groups excluding carboxylic acids is 2. The zero-order valence-corrected chi connectivity index (χ0v) is 21.4. The Kier molecular flexibility index (Phi) is 9.46. The highest BCUT2D eigenvalue weighted by atomic mass is 16.2. The highest BCUT2D eigenvalue weighted by molar-refractivity contribution is 5.94. The molecule has 3 aromatic rings. The highest BCUT2D eigenvalue weighted by Crippen LogP contribution is 2.32. The quantitative estimate of drug-likeness (QED) is 0.287. The summed E-state index contributed by atoms with van der Waals surface area (Å²) in [6.45, 7) is 3.50. The van der Waals surface area contributed by atoms with Crippen LogP contribution in [0.25, 0.3) is 11.4 Å². The number of benzene rings is 2. The highest BCUT2D eigenvalue weighted by Gasteiger charge is 2.16. The second kappa shape index (κ2) is 13.4. The number of nitrogens with one attached hydrogen (secondary N) is 4. The fraction of sp³-hybridized carbons (Fsp3) is 0.379. The molecule has 2 aromatic carbocycles. The van der Waals surface area contributed by atoms with E-state index in [1.165, 1.54) is 44.6 Å². The summed E-state index contributed by atoms with van der Waals surface area (Å²) >= 11 is 0. The summed E-state index contributed by atoms with van der Waals surface area (Å²) in [6.07, 6.45) is 6.43. The van der Waals surface area contributed by atoms with Crippen LogP contribution in [0.1, 0.15) is 60.9 Å². The van der Waals surface area contributed by atoms with E-state index in [9.17, 15) is 9.59 Å². The van der Waals surface area contributed by atoms with E-state index < -0.39 is 0 Å². The maximum absolute atomic E-state index is 12.6.